The quantitative estimate of drug-likeness (QED) is 0.369. The number of carbonyl (C=O) groups excluding carboxylic acids is 2. The van der Waals surface area contributed by atoms with E-state index in [2.05, 4.69) is 11.9 Å². The lowest BCUT2D eigenvalue weighted by Gasteiger charge is -2.15. The van der Waals surface area contributed by atoms with Crippen LogP contribution in [0.5, 0.6) is 0 Å². The van der Waals surface area contributed by atoms with Crippen molar-refractivity contribution in [2.24, 2.45) is 5.92 Å². The number of hydrogen-bond donors (Lipinski definition) is 1. The van der Waals surface area contributed by atoms with E-state index in [0.717, 1.165) is 6.29 Å². The molecule has 0 rings (SSSR count). The summed E-state index contributed by atoms with van der Waals surface area (Å²) in [7, 11) is 0. The van der Waals surface area contributed by atoms with Gasteiger partial charge in [0.2, 0.25) is 5.91 Å². The first kappa shape index (κ1) is 12.8. The van der Waals surface area contributed by atoms with Crippen LogP contribution in [-0.4, -0.2) is 31.4 Å². The molecule has 4 heteroatoms. The summed E-state index contributed by atoms with van der Waals surface area (Å²) in [5.74, 6) is -0.187. The van der Waals surface area contributed by atoms with Crippen molar-refractivity contribution in [2.45, 2.75) is 19.9 Å². The van der Waals surface area contributed by atoms with Gasteiger partial charge in [0.25, 0.3) is 0 Å². The molecule has 0 aliphatic rings. The van der Waals surface area contributed by atoms with E-state index in [1.807, 2.05) is 13.8 Å². The third kappa shape index (κ3) is 5.48. The Balaban J connectivity index is 3.79. The molecule has 1 amide bonds. The Morgan fingerprint density at radius 3 is 2.64 bits per heavy atom. The topological polar surface area (TPSA) is 55.4 Å². The second-order valence-corrected chi connectivity index (χ2v) is 3.28. The first-order valence-corrected chi connectivity index (χ1v) is 4.55. The molecular weight excluding hydrogens is 182 g/mol. The number of nitrogens with one attached hydrogen (secondary N) is 1. The van der Waals surface area contributed by atoms with Crippen LogP contribution in [0, 0.1) is 5.92 Å². The molecule has 0 aromatic rings. The van der Waals surface area contributed by atoms with Crippen LogP contribution in [0.1, 0.15) is 13.8 Å². The Morgan fingerprint density at radius 2 is 2.21 bits per heavy atom. The molecule has 0 spiro atoms. The minimum absolute atomic E-state index is 0.0386. The maximum atomic E-state index is 11.2. The van der Waals surface area contributed by atoms with Crippen LogP contribution in [0.2, 0.25) is 0 Å². The Bertz CT molecular complexity index is 202. The molecule has 1 N–H and O–H groups in total. The van der Waals surface area contributed by atoms with Gasteiger partial charge in [0.1, 0.15) is 12.9 Å². The van der Waals surface area contributed by atoms with Crippen molar-refractivity contribution in [1.82, 2.24) is 5.32 Å². The Hall–Kier alpha value is -1.16. The highest BCUT2D eigenvalue weighted by Crippen LogP contribution is 1.97. The number of aldehydes is 1. The van der Waals surface area contributed by atoms with Crippen molar-refractivity contribution in [1.29, 1.82) is 0 Å². The lowest BCUT2D eigenvalue weighted by Crippen LogP contribution is -2.41. The van der Waals surface area contributed by atoms with Crippen LogP contribution in [0.3, 0.4) is 0 Å². The molecule has 0 radical (unpaired) electrons. The van der Waals surface area contributed by atoms with Crippen LogP contribution in [0.15, 0.2) is 12.7 Å². The predicted molar refractivity (Wildman–Crippen MR) is 53.8 cm³/mol. The summed E-state index contributed by atoms with van der Waals surface area (Å²) in [6.07, 6.45) is 2.29. The van der Waals surface area contributed by atoms with E-state index in [9.17, 15) is 9.59 Å². The molecule has 0 saturated carbocycles. The average Bonchev–Trinajstić information content (AvgIpc) is 2.14. The first-order chi connectivity index (χ1) is 6.61. The normalized spacial score (nSPS) is 12.2. The highest BCUT2D eigenvalue weighted by molar-refractivity contribution is 5.80. The standard InChI is InChI=1S/C10H17NO3/c1-4-5-14-7-10(13)11-9(6-12)8(2)3/h4,6,8-9H,1,5,7H2,2-3H3,(H,11,13). The van der Waals surface area contributed by atoms with Crippen LogP contribution in [0.25, 0.3) is 0 Å². The van der Waals surface area contributed by atoms with Gasteiger partial charge < -0.3 is 14.8 Å². The van der Waals surface area contributed by atoms with Crippen LogP contribution < -0.4 is 5.32 Å². The molecule has 0 aliphatic heterocycles. The number of carbonyl (C=O) groups is 2. The fourth-order valence-electron chi connectivity index (χ4n) is 0.820. The van der Waals surface area contributed by atoms with Crippen LogP contribution in [0.4, 0.5) is 0 Å². The second-order valence-electron chi connectivity index (χ2n) is 3.28. The van der Waals surface area contributed by atoms with Crippen LogP contribution >= 0.6 is 0 Å². The molecule has 0 bridgehead atoms. The van der Waals surface area contributed by atoms with E-state index in [0.29, 0.717) is 6.61 Å². The summed E-state index contributed by atoms with van der Waals surface area (Å²) >= 11 is 0. The maximum Gasteiger partial charge on any atom is 0.246 e. The van der Waals surface area contributed by atoms with Gasteiger partial charge in [-0.15, -0.1) is 6.58 Å². The molecule has 80 valence electrons. The summed E-state index contributed by atoms with van der Waals surface area (Å²) in [6.45, 7) is 7.48. The van der Waals surface area contributed by atoms with E-state index in [1.165, 1.54) is 0 Å². The lowest BCUT2D eigenvalue weighted by molar-refractivity contribution is -0.128. The van der Waals surface area contributed by atoms with Gasteiger partial charge in [-0.1, -0.05) is 19.9 Å². The number of rotatable bonds is 7. The van der Waals surface area contributed by atoms with Crippen molar-refractivity contribution < 1.29 is 14.3 Å². The van der Waals surface area contributed by atoms with E-state index < -0.39 is 6.04 Å². The molecule has 14 heavy (non-hydrogen) atoms. The first-order valence-electron chi connectivity index (χ1n) is 4.55. The summed E-state index contributed by atoms with van der Waals surface area (Å²) in [6, 6.07) is -0.435. The minimum Gasteiger partial charge on any atom is -0.368 e. The van der Waals surface area contributed by atoms with Crippen LogP contribution in [-0.2, 0) is 14.3 Å². The Labute approximate surface area is 84.3 Å². The lowest BCUT2D eigenvalue weighted by atomic mass is 10.1. The summed E-state index contributed by atoms with van der Waals surface area (Å²) in [5, 5.41) is 2.56. The molecule has 0 heterocycles. The highest BCUT2D eigenvalue weighted by Gasteiger charge is 2.14. The minimum atomic E-state index is -0.435. The van der Waals surface area contributed by atoms with Gasteiger partial charge in [-0.2, -0.15) is 0 Å². The van der Waals surface area contributed by atoms with Gasteiger partial charge in [-0.3, -0.25) is 4.79 Å². The van der Waals surface area contributed by atoms with Gasteiger partial charge in [0, 0.05) is 0 Å². The Kier molecular flexibility index (Phi) is 6.66. The Morgan fingerprint density at radius 1 is 1.57 bits per heavy atom. The van der Waals surface area contributed by atoms with E-state index in [-0.39, 0.29) is 18.4 Å². The molecule has 0 aliphatic carbocycles. The summed E-state index contributed by atoms with van der Waals surface area (Å²) < 4.78 is 4.92. The van der Waals surface area contributed by atoms with Gasteiger partial charge >= 0.3 is 0 Å². The van der Waals surface area contributed by atoms with E-state index in [4.69, 9.17) is 4.74 Å². The van der Waals surface area contributed by atoms with Crippen molar-refractivity contribution in [2.75, 3.05) is 13.2 Å². The third-order valence-electron chi connectivity index (χ3n) is 1.66. The monoisotopic (exact) mass is 199 g/mol. The predicted octanol–water partition coefficient (Wildman–Crippen LogP) is 0.529. The molecule has 1 atom stereocenters. The van der Waals surface area contributed by atoms with Crippen molar-refractivity contribution in [3.8, 4) is 0 Å². The smallest absolute Gasteiger partial charge is 0.246 e. The third-order valence-corrected chi connectivity index (χ3v) is 1.66. The fourth-order valence-corrected chi connectivity index (χ4v) is 0.820. The molecule has 1 unspecified atom stereocenters. The number of amides is 1. The van der Waals surface area contributed by atoms with Crippen molar-refractivity contribution in [3.63, 3.8) is 0 Å². The van der Waals surface area contributed by atoms with Gasteiger partial charge in [0.05, 0.1) is 12.6 Å². The van der Waals surface area contributed by atoms with Crippen molar-refractivity contribution in [3.05, 3.63) is 12.7 Å². The molecule has 0 aromatic heterocycles. The van der Waals surface area contributed by atoms with Crippen molar-refractivity contribution >= 4 is 12.2 Å². The molecule has 4 nitrogen and oxygen atoms in total. The number of hydrogen-bond acceptors (Lipinski definition) is 3. The zero-order chi connectivity index (χ0) is 11.0. The largest absolute Gasteiger partial charge is 0.368 e. The molecule has 0 saturated heterocycles. The highest BCUT2D eigenvalue weighted by atomic mass is 16.5. The second kappa shape index (κ2) is 7.26. The summed E-state index contributed by atoms with van der Waals surface area (Å²) in [5.41, 5.74) is 0. The zero-order valence-electron chi connectivity index (χ0n) is 8.66. The zero-order valence-corrected chi connectivity index (χ0v) is 8.66. The molecule has 0 fully saturated rings. The maximum absolute atomic E-state index is 11.2. The van der Waals surface area contributed by atoms with Gasteiger partial charge in [0.15, 0.2) is 0 Å². The van der Waals surface area contributed by atoms with Gasteiger partial charge in [-0.05, 0) is 5.92 Å². The number of ether oxygens (including phenoxy) is 1. The van der Waals surface area contributed by atoms with E-state index >= 15 is 0 Å². The fraction of sp³-hybridized carbons (Fsp3) is 0.600. The molecular formula is C10H17NO3. The van der Waals surface area contributed by atoms with Gasteiger partial charge in [-0.25, -0.2) is 0 Å². The summed E-state index contributed by atoms with van der Waals surface area (Å²) in [4.78, 5) is 21.7. The SMILES string of the molecule is C=CCOCC(=O)NC(C=O)C(C)C. The molecule has 0 aromatic carbocycles. The average molecular weight is 199 g/mol. The van der Waals surface area contributed by atoms with E-state index in [1.54, 1.807) is 6.08 Å².